The third-order valence-electron chi connectivity index (χ3n) is 3.76. The minimum Gasteiger partial charge on any atom is -0.462 e. The van der Waals surface area contributed by atoms with Gasteiger partial charge >= 0.3 is 5.97 Å². The third-order valence-corrected chi connectivity index (χ3v) is 5.02. The molecule has 0 spiro atoms. The van der Waals surface area contributed by atoms with Crippen molar-refractivity contribution in [3.63, 3.8) is 0 Å². The normalized spacial score (nSPS) is 15.4. The number of carbonyl (C=O) groups is 2. The van der Waals surface area contributed by atoms with Crippen LogP contribution in [0.15, 0.2) is 29.2 Å². The summed E-state index contributed by atoms with van der Waals surface area (Å²) in [6, 6.07) is 5.25. The highest BCUT2D eigenvalue weighted by molar-refractivity contribution is 7.89. The van der Waals surface area contributed by atoms with Crippen LogP contribution in [0.5, 0.6) is 0 Å². The molecule has 0 saturated carbocycles. The van der Waals surface area contributed by atoms with E-state index in [1.165, 1.54) is 24.3 Å². The molecule has 0 unspecified atom stereocenters. The number of morpholine rings is 1. The SMILES string of the molecule is CCOC(=O)c1ccc(S(=O)(=O)NNC(=O)CCN2CCOCC2)cc1. The zero-order chi connectivity index (χ0) is 19.0. The van der Waals surface area contributed by atoms with Gasteiger partial charge in [-0.05, 0) is 31.2 Å². The van der Waals surface area contributed by atoms with E-state index in [-0.39, 0.29) is 23.5 Å². The molecule has 9 nitrogen and oxygen atoms in total. The van der Waals surface area contributed by atoms with E-state index in [9.17, 15) is 18.0 Å². The van der Waals surface area contributed by atoms with Gasteiger partial charge in [-0.1, -0.05) is 0 Å². The molecule has 1 aliphatic rings. The first-order valence-electron chi connectivity index (χ1n) is 8.30. The molecule has 0 atom stereocenters. The highest BCUT2D eigenvalue weighted by Gasteiger charge is 2.17. The number of hydrogen-bond acceptors (Lipinski definition) is 7. The van der Waals surface area contributed by atoms with E-state index in [4.69, 9.17) is 9.47 Å². The number of hydrogen-bond donors (Lipinski definition) is 2. The second-order valence-electron chi connectivity index (χ2n) is 5.60. The number of benzene rings is 1. The van der Waals surface area contributed by atoms with Crippen LogP contribution in [-0.2, 0) is 24.3 Å². The Morgan fingerprint density at radius 3 is 2.46 bits per heavy atom. The Hall–Kier alpha value is -2.01. The zero-order valence-electron chi connectivity index (χ0n) is 14.6. The van der Waals surface area contributed by atoms with E-state index in [0.29, 0.717) is 19.8 Å². The number of hydrazine groups is 1. The summed E-state index contributed by atoms with van der Waals surface area (Å²) < 4.78 is 34.4. The van der Waals surface area contributed by atoms with Crippen LogP contribution in [0.4, 0.5) is 0 Å². The fourth-order valence-electron chi connectivity index (χ4n) is 2.31. The highest BCUT2D eigenvalue weighted by atomic mass is 32.2. The third kappa shape index (κ3) is 6.06. The second kappa shape index (κ2) is 9.62. The largest absolute Gasteiger partial charge is 0.462 e. The monoisotopic (exact) mass is 385 g/mol. The van der Waals surface area contributed by atoms with Crippen molar-refractivity contribution in [2.75, 3.05) is 39.5 Å². The lowest BCUT2D eigenvalue weighted by atomic mass is 10.2. The Bertz CT molecular complexity index is 714. The van der Waals surface area contributed by atoms with Crippen LogP contribution in [-0.4, -0.2) is 64.6 Å². The van der Waals surface area contributed by atoms with Gasteiger partial charge in [0.2, 0.25) is 5.91 Å². The van der Waals surface area contributed by atoms with Crippen molar-refractivity contribution in [1.29, 1.82) is 0 Å². The summed E-state index contributed by atoms with van der Waals surface area (Å²) in [7, 11) is -3.92. The number of esters is 1. The van der Waals surface area contributed by atoms with E-state index < -0.39 is 21.9 Å². The van der Waals surface area contributed by atoms with Gasteiger partial charge in [-0.15, -0.1) is 4.83 Å². The first-order chi connectivity index (χ1) is 12.4. The van der Waals surface area contributed by atoms with Gasteiger partial charge in [0.15, 0.2) is 0 Å². The fraction of sp³-hybridized carbons (Fsp3) is 0.500. The first-order valence-corrected chi connectivity index (χ1v) is 9.78. The summed E-state index contributed by atoms with van der Waals surface area (Å²) in [5.74, 6) is -0.955. The second-order valence-corrected chi connectivity index (χ2v) is 7.28. The van der Waals surface area contributed by atoms with E-state index in [1.54, 1.807) is 6.92 Å². The Balaban J connectivity index is 1.83. The summed E-state index contributed by atoms with van der Waals surface area (Å²) in [6.45, 7) is 5.23. The molecule has 26 heavy (non-hydrogen) atoms. The maximum absolute atomic E-state index is 12.2. The molecule has 1 aliphatic heterocycles. The van der Waals surface area contributed by atoms with Crippen molar-refractivity contribution < 1.29 is 27.5 Å². The van der Waals surface area contributed by atoms with Gasteiger partial charge in [0.25, 0.3) is 10.0 Å². The van der Waals surface area contributed by atoms with Gasteiger partial charge in [0, 0.05) is 26.1 Å². The van der Waals surface area contributed by atoms with Crippen molar-refractivity contribution in [2.24, 2.45) is 0 Å². The van der Waals surface area contributed by atoms with Crippen LogP contribution >= 0.6 is 0 Å². The number of amides is 1. The Morgan fingerprint density at radius 1 is 1.19 bits per heavy atom. The average molecular weight is 385 g/mol. The van der Waals surface area contributed by atoms with Crippen molar-refractivity contribution in [3.05, 3.63) is 29.8 Å². The molecule has 1 heterocycles. The lowest BCUT2D eigenvalue weighted by Crippen LogP contribution is -2.44. The van der Waals surface area contributed by atoms with Crippen molar-refractivity contribution >= 4 is 21.9 Å². The Morgan fingerprint density at radius 2 is 1.85 bits per heavy atom. The average Bonchev–Trinajstić information content (AvgIpc) is 2.66. The summed E-state index contributed by atoms with van der Waals surface area (Å²) in [5, 5.41) is 0. The van der Waals surface area contributed by atoms with Crippen LogP contribution in [0.2, 0.25) is 0 Å². The lowest BCUT2D eigenvalue weighted by molar-refractivity contribution is -0.122. The summed E-state index contributed by atoms with van der Waals surface area (Å²) in [5.41, 5.74) is 2.44. The standard InChI is InChI=1S/C16H23N3O6S/c1-2-25-16(21)13-3-5-14(6-4-13)26(22,23)18-17-15(20)7-8-19-9-11-24-12-10-19/h3-6,18H,2,7-12H2,1H3,(H,17,20). The van der Waals surface area contributed by atoms with Crippen molar-refractivity contribution in [3.8, 4) is 0 Å². The number of sulfonamides is 1. The molecular weight excluding hydrogens is 362 g/mol. The predicted molar refractivity (Wildman–Crippen MR) is 92.7 cm³/mol. The molecule has 2 rings (SSSR count). The zero-order valence-corrected chi connectivity index (χ0v) is 15.4. The molecule has 1 saturated heterocycles. The van der Waals surface area contributed by atoms with E-state index >= 15 is 0 Å². The van der Waals surface area contributed by atoms with Gasteiger partial charge in [-0.25, -0.2) is 13.2 Å². The molecular formula is C16H23N3O6S. The summed E-state index contributed by atoms with van der Waals surface area (Å²) >= 11 is 0. The smallest absolute Gasteiger partial charge is 0.338 e. The van der Waals surface area contributed by atoms with E-state index in [0.717, 1.165) is 13.1 Å². The molecule has 1 aromatic rings. The molecule has 2 N–H and O–H groups in total. The molecule has 0 radical (unpaired) electrons. The quantitative estimate of drug-likeness (QED) is 0.474. The highest BCUT2D eigenvalue weighted by Crippen LogP contribution is 2.11. The van der Waals surface area contributed by atoms with Gasteiger partial charge < -0.3 is 9.47 Å². The van der Waals surface area contributed by atoms with Gasteiger partial charge in [0.1, 0.15) is 0 Å². The minimum absolute atomic E-state index is 0.0703. The molecule has 1 amide bonds. The topological polar surface area (TPSA) is 114 Å². The van der Waals surface area contributed by atoms with Crippen LogP contribution in [0.1, 0.15) is 23.7 Å². The van der Waals surface area contributed by atoms with Crippen LogP contribution in [0, 0.1) is 0 Å². The summed E-state index contributed by atoms with van der Waals surface area (Å²) in [6.07, 6.45) is 0.171. The summed E-state index contributed by atoms with van der Waals surface area (Å²) in [4.78, 5) is 27.4. The number of carbonyl (C=O) groups excluding carboxylic acids is 2. The number of ether oxygens (including phenoxy) is 2. The Kier molecular flexibility index (Phi) is 7.51. The van der Waals surface area contributed by atoms with E-state index in [2.05, 4.69) is 10.3 Å². The van der Waals surface area contributed by atoms with Gasteiger partial charge in [-0.3, -0.25) is 15.1 Å². The minimum atomic E-state index is -3.92. The molecule has 0 aromatic heterocycles. The molecule has 144 valence electrons. The van der Waals surface area contributed by atoms with Crippen LogP contribution < -0.4 is 10.3 Å². The van der Waals surface area contributed by atoms with Crippen molar-refractivity contribution in [2.45, 2.75) is 18.2 Å². The van der Waals surface area contributed by atoms with E-state index in [1.807, 2.05) is 4.83 Å². The molecule has 1 aromatic carbocycles. The maximum atomic E-state index is 12.2. The van der Waals surface area contributed by atoms with Gasteiger partial charge in [0.05, 0.1) is 30.3 Å². The van der Waals surface area contributed by atoms with Crippen LogP contribution in [0.25, 0.3) is 0 Å². The molecule has 0 bridgehead atoms. The molecule has 0 aliphatic carbocycles. The maximum Gasteiger partial charge on any atom is 0.338 e. The molecule has 1 fully saturated rings. The van der Waals surface area contributed by atoms with Gasteiger partial charge in [-0.2, -0.15) is 0 Å². The molecule has 10 heteroatoms. The van der Waals surface area contributed by atoms with Crippen LogP contribution in [0.3, 0.4) is 0 Å². The van der Waals surface area contributed by atoms with Crippen molar-refractivity contribution in [1.82, 2.24) is 15.2 Å². The number of rotatable bonds is 8. The fourth-order valence-corrected chi connectivity index (χ4v) is 3.17. The lowest BCUT2D eigenvalue weighted by Gasteiger charge is -2.26. The number of nitrogens with zero attached hydrogens (tertiary/aromatic N) is 1. The Labute approximate surface area is 152 Å². The predicted octanol–water partition coefficient (Wildman–Crippen LogP) is -0.105. The number of nitrogens with one attached hydrogen (secondary N) is 2. The first kappa shape index (κ1) is 20.3.